The Kier molecular flexibility index (Phi) is 5.68. The van der Waals surface area contributed by atoms with E-state index in [1.165, 1.54) is 6.08 Å². The number of hydrogen-bond donors (Lipinski definition) is 0. The predicted octanol–water partition coefficient (Wildman–Crippen LogP) is 2.40. The van der Waals surface area contributed by atoms with Crippen molar-refractivity contribution >= 4 is 11.6 Å². The van der Waals surface area contributed by atoms with Gasteiger partial charge in [0.25, 0.3) is 5.91 Å². The highest BCUT2D eigenvalue weighted by atomic mass is 16.5. The van der Waals surface area contributed by atoms with Crippen molar-refractivity contribution in [1.29, 1.82) is 0 Å². The maximum Gasteiger partial charge on any atom is 0.250 e. The van der Waals surface area contributed by atoms with Crippen LogP contribution in [0.2, 0.25) is 0 Å². The van der Waals surface area contributed by atoms with Crippen LogP contribution in [0.5, 0.6) is 5.75 Å². The maximum atomic E-state index is 12.5. The van der Waals surface area contributed by atoms with Crippen LogP contribution in [0.25, 0.3) is 0 Å². The van der Waals surface area contributed by atoms with Crippen LogP contribution in [0, 0.1) is 6.92 Å². The van der Waals surface area contributed by atoms with Crippen molar-refractivity contribution in [2.75, 3.05) is 18.1 Å². The Morgan fingerprint density at radius 2 is 2.38 bits per heavy atom. The molecule has 1 atom stereocenters. The van der Waals surface area contributed by atoms with Crippen LogP contribution in [0.1, 0.15) is 24.1 Å². The van der Waals surface area contributed by atoms with E-state index in [4.69, 9.17) is 9.47 Å². The van der Waals surface area contributed by atoms with Gasteiger partial charge in [-0.3, -0.25) is 14.4 Å². The molecule has 1 fully saturated rings. The first-order chi connectivity index (χ1) is 12.6. The highest BCUT2D eigenvalue weighted by molar-refractivity contribution is 6.02. The third-order valence-corrected chi connectivity index (χ3v) is 4.42. The number of rotatable bonds is 7. The number of amides is 1. The number of hydrogen-bond acceptors (Lipinski definition) is 5. The molecule has 0 N–H and O–H groups in total. The van der Waals surface area contributed by atoms with Crippen LogP contribution in [-0.4, -0.2) is 40.2 Å². The molecule has 1 aliphatic rings. The number of carbonyl (C=O) groups excluding carboxylic acids is 1. The van der Waals surface area contributed by atoms with Gasteiger partial charge in [-0.2, -0.15) is 0 Å². The van der Waals surface area contributed by atoms with Crippen molar-refractivity contribution in [3.05, 3.63) is 48.3 Å². The molecule has 0 aliphatic carbocycles. The molecular weight excluding hydrogens is 332 g/mol. The van der Waals surface area contributed by atoms with Gasteiger partial charge in [0.2, 0.25) is 0 Å². The second kappa shape index (κ2) is 8.14. The van der Waals surface area contributed by atoms with E-state index >= 15 is 0 Å². The molecule has 138 valence electrons. The summed E-state index contributed by atoms with van der Waals surface area (Å²) in [6, 6.07) is 5.79. The van der Waals surface area contributed by atoms with E-state index < -0.39 is 0 Å². The average Bonchev–Trinajstić information content (AvgIpc) is 3.29. The Bertz CT molecular complexity index is 781. The third-order valence-electron chi connectivity index (χ3n) is 4.42. The van der Waals surface area contributed by atoms with Gasteiger partial charge in [-0.25, -0.2) is 0 Å². The van der Waals surface area contributed by atoms with Gasteiger partial charge in [0, 0.05) is 13.7 Å². The van der Waals surface area contributed by atoms with Gasteiger partial charge in [0.05, 0.1) is 30.2 Å². The van der Waals surface area contributed by atoms with Crippen molar-refractivity contribution < 1.29 is 14.3 Å². The monoisotopic (exact) mass is 356 g/mol. The van der Waals surface area contributed by atoms with Gasteiger partial charge in [-0.05, 0) is 43.5 Å². The molecule has 26 heavy (non-hydrogen) atoms. The quantitative estimate of drug-likeness (QED) is 0.713. The molecular formula is C19H24N4O3. The Morgan fingerprint density at radius 1 is 1.54 bits per heavy atom. The van der Waals surface area contributed by atoms with Gasteiger partial charge in [-0.15, -0.1) is 5.10 Å². The standard InChI is InChI=1S/C19H24N4O3/c1-4-19(24)23(12-15-11-20-21-22(15)3)17-8-7-14(2)10-18(17)26-13-16-6-5-9-25-16/h4,7-8,10-11,16H,1,5-6,9,12-13H2,2-3H3. The van der Waals surface area contributed by atoms with Gasteiger partial charge in [0.15, 0.2) is 0 Å². The molecule has 1 aliphatic heterocycles. The van der Waals surface area contributed by atoms with Crippen LogP contribution < -0.4 is 9.64 Å². The second-order valence-electron chi connectivity index (χ2n) is 6.39. The zero-order valence-electron chi connectivity index (χ0n) is 15.2. The first-order valence-corrected chi connectivity index (χ1v) is 8.71. The summed E-state index contributed by atoms with van der Waals surface area (Å²) < 4.78 is 13.3. The lowest BCUT2D eigenvalue weighted by Gasteiger charge is -2.24. The van der Waals surface area contributed by atoms with E-state index in [0.29, 0.717) is 24.6 Å². The van der Waals surface area contributed by atoms with Crippen LogP contribution >= 0.6 is 0 Å². The maximum absolute atomic E-state index is 12.5. The van der Waals surface area contributed by atoms with E-state index in [-0.39, 0.29) is 12.0 Å². The fourth-order valence-corrected chi connectivity index (χ4v) is 2.93. The van der Waals surface area contributed by atoms with E-state index in [0.717, 1.165) is 30.7 Å². The Hall–Kier alpha value is -2.67. The summed E-state index contributed by atoms with van der Waals surface area (Å²) >= 11 is 0. The molecule has 1 unspecified atom stereocenters. The number of nitrogens with zero attached hydrogens (tertiary/aromatic N) is 4. The topological polar surface area (TPSA) is 69.5 Å². The molecule has 2 aromatic rings. The summed E-state index contributed by atoms with van der Waals surface area (Å²) in [5.74, 6) is 0.447. The smallest absolute Gasteiger partial charge is 0.250 e. The molecule has 1 saturated heterocycles. The fourth-order valence-electron chi connectivity index (χ4n) is 2.93. The van der Waals surface area contributed by atoms with Crippen LogP contribution in [0.4, 0.5) is 5.69 Å². The van der Waals surface area contributed by atoms with E-state index in [1.807, 2.05) is 25.1 Å². The van der Waals surface area contributed by atoms with Gasteiger partial charge < -0.3 is 9.47 Å². The molecule has 1 aromatic heterocycles. The number of anilines is 1. The minimum atomic E-state index is -0.211. The Morgan fingerprint density at radius 3 is 3.04 bits per heavy atom. The number of carbonyl (C=O) groups is 1. The second-order valence-corrected chi connectivity index (χ2v) is 6.39. The summed E-state index contributed by atoms with van der Waals surface area (Å²) in [6.45, 7) is 7.20. The average molecular weight is 356 g/mol. The van der Waals surface area contributed by atoms with Crippen molar-refractivity contribution in [1.82, 2.24) is 15.0 Å². The fraction of sp³-hybridized carbons (Fsp3) is 0.421. The van der Waals surface area contributed by atoms with Gasteiger partial charge in [-0.1, -0.05) is 17.9 Å². The SMILES string of the molecule is C=CC(=O)N(Cc1cnnn1C)c1ccc(C)cc1OCC1CCCO1. The van der Waals surface area contributed by atoms with E-state index in [2.05, 4.69) is 16.9 Å². The molecule has 7 nitrogen and oxygen atoms in total. The molecule has 2 heterocycles. The molecule has 0 bridgehead atoms. The van der Waals surface area contributed by atoms with E-state index in [1.54, 1.807) is 22.8 Å². The largest absolute Gasteiger partial charge is 0.489 e. The first kappa shape index (κ1) is 18.1. The van der Waals surface area contributed by atoms with Gasteiger partial charge in [0.1, 0.15) is 12.4 Å². The Labute approximate surface area is 153 Å². The summed E-state index contributed by atoms with van der Waals surface area (Å²) in [6.07, 6.45) is 5.10. The number of benzene rings is 1. The normalized spacial score (nSPS) is 16.5. The van der Waals surface area contributed by atoms with Gasteiger partial charge >= 0.3 is 0 Å². The molecule has 3 rings (SSSR count). The third kappa shape index (κ3) is 4.11. The minimum Gasteiger partial charge on any atom is -0.489 e. The summed E-state index contributed by atoms with van der Waals surface area (Å²) in [7, 11) is 1.79. The minimum absolute atomic E-state index is 0.105. The lowest BCUT2D eigenvalue weighted by molar-refractivity contribution is -0.114. The highest BCUT2D eigenvalue weighted by Crippen LogP contribution is 2.31. The number of aryl methyl sites for hydroxylation is 2. The molecule has 7 heteroatoms. The lowest BCUT2D eigenvalue weighted by atomic mass is 10.1. The van der Waals surface area contributed by atoms with Crippen molar-refractivity contribution in [3.63, 3.8) is 0 Å². The van der Waals surface area contributed by atoms with Crippen LogP contribution in [0.3, 0.4) is 0 Å². The summed E-state index contributed by atoms with van der Waals surface area (Å²) in [5, 5.41) is 7.81. The Balaban J connectivity index is 1.87. The zero-order valence-corrected chi connectivity index (χ0v) is 15.2. The first-order valence-electron chi connectivity index (χ1n) is 8.71. The molecule has 1 aromatic carbocycles. The highest BCUT2D eigenvalue weighted by Gasteiger charge is 2.22. The van der Waals surface area contributed by atoms with Crippen molar-refractivity contribution in [3.8, 4) is 5.75 Å². The predicted molar refractivity (Wildman–Crippen MR) is 98.0 cm³/mol. The number of ether oxygens (including phenoxy) is 2. The van der Waals surface area contributed by atoms with E-state index in [9.17, 15) is 4.79 Å². The van der Waals surface area contributed by atoms with Crippen LogP contribution in [0.15, 0.2) is 37.1 Å². The summed E-state index contributed by atoms with van der Waals surface area (Å²) in [4.78, 5) is 14.1. The van der Waals surface area contributed by atoms with Crippen molar-refractivity contribution in [2.45, 2.75) is 32.4 Å². The lowest BCUT2D eigenvalue weighted by Crippen LogP contribution is -2.30. The zero-order chi connectivity index (χ0) is 18.5. The number of aromatic nitrogens is 3. The molecule has 0 radical (unpaired) electrons. The summed E-state index contributed by atoms with van der Waals surface area (Å²) in [5.41, 5.74) is 2.56. The van der Waals surface area contributed by atoms with Crippen LogP contribution in [-0.2, 0) is 23.1 Å². The molecule has 1 amide bonds. The van der Waals surface area contributed by atoms with Crippen molar-refractivity contribution in [2.24, 2.45) is 7.05 Å². The molecule has 0 saturated carbocycles. The molecule has 0 spiro atoms.